The van der Waals surface area contributed by atoms with Gasteiger partial charge < -0.3 is 5.32 Å². The molecule has 19 heavy (non-hydrogen) atoms. The molecule has 0 spiro atoms. The molecule has 1 saturated carbocycles. The fraction of sp³-hybridized carbons (Fsp3) is 0.467. The van der Waals surface area contributed by atoms with E-state index in [0.717, 1.165) is 24.8 Å². The third-order valence-electron chi connectivity index (χ3n) is 4.41. The third-order valence-corrected chi connectivity index (χ3v) is 4.41. The van der Waals surface area contributed by atoms with E-state index in [-0.39, 0.29) is 18.0 Å². The molecule has 1 aromatic carbocycles. The Labute approximate surface area is 112 Å². The van der Waals surface area contributed by atoms with E-state index in [2.05, 4.69) is 5.32 Å². The highest BCUT2D eigenvalue weighted by molar-refractivity contribution is 6.18. The van der Waals surface area contributed by atoms with Crippen LogP contribution in [0.2, 0.25) is 0 Å². The van der Waals surface area contributed by atoms with E-state index in [1.54, 1.807) is 0 Å². The third kappa shape index (κ3) is 1.74. The van der Waals surface area contributed by atoms with Crippen LogP contribution in [0.1, 0.15) is 31.7 Å². The van der Waals surface area contributed by atoms with Gasteiger partial charge in [-0.3, -0.25) is 4.79 Å². The SMILES string of the molecule is Cc1cccc(N2C(=O)NC3CCCC3(C)C2=O)c1. The number of hydrogen-bond donors (Lipinski definition) is 1. The summed E-state index contributed by atoms with van der Waals surface area (Å²) in [4.78, 5) is 26.2. The summed E-state index contributed by atoms with van der Waals surface area (Å²) >= 11 is 0. The van der Waals surface area contributed by atoms with Gasteiger partial charge in [-0.2, -0.15) is 0 Å². The van der Waals surface area contributed by atoms with Crippen LogP contribution in [-0.4, -0.2) is 18.0 Å². The van der Waals surface area contributed by atoms with Gasteiger partial charge in [0.15, 0.2) is 0 Å². The van der Waals surface area contributed by atoms with E-state index in [9.17, 15) is 9.59 Å². The van der Waals surface area contributed by atoms with Crippen LogP contribution in [-0.2, 0) is 4.79 Å². The lowest BCUT2D eigenvalue weighted by Gasteiger charge is -2.40. The molecule has 4 heteroatoms. The van der Waals surface area contributed by atoms with Crippen LogP contribution in [0.3, 0.4) is 0 Å². The number of fused-ring (bicyclic) bond motifs is 1. The van der Waals surface area contributed by atoms with Crippen molar-refractivity contribution >= 4 is 17.6 Å². The molecular formula is C15H18N2O2. The minimum Gasteiger partial charge on any atom is -0.334 e. The summed E-state index contributed by atoms with van der Waals surface area (Å²) in [5.74, 6) is -0.0654. The molecule has 1 aliphatic heterocycles. The van der Waals surface area contributed by atoms with E-state index in [4.69, 9.17) is 0 Å². The number of hydrogen-bond acceptors (Lipinski definition) is 2. The van der Waals surface area contributed by atoms with Crippen LogP contribution in [0.25, 0.3) is 0 Å². The first kappa shape index (κ1) is 12.2. The van der Waals surface area contributed by atoms with Crippen LogP contribution in [0.15, 0.2) is 24.3 Å². The van der Waals surface area contributed by atoms with Gasteiger partial charge in [-0.25, -0.2) is 9.69 Å². The summed E-state index contributed by atoms with van der Waals surface area (Å²) in [5, 5.41) is 2.98. The molecule has 100 valence electrons. The Kier molecular flexibility index (Phi) is 2.62. The molecule has 1 aromatic rings. The predicted molar refractivity (Wildman–Crippen MR) is 72.9 cm³/mol. The molecule has 1 N–H and O–H groups in total. The molecule has 0 radical (unpaired) electrons. The van der Waals surface area contributed by atoms with Crippen molar-refractivity contribution in [3.05, 3.63) is 29.8 Å². The van der Waals surface area contributed by atoms with E-state index < -0.39 is 5.41 Å². The Bertz CT molecular complexity index is 555. The largest absolute Gasteiger partial charge is 0.334 e. The quantitative estimate of drug-likeness (QED) is 0.841. The number of nitrogens with zero attached hydrogens (tertiary/aromatic N) is 1. The number of amides is 3. The maximum absolute atomic E-state index is 12.7. The fourth-order valence-electron chi connectivity index (χ4n) is 3.22. The standard InChI is InChI=1S/C15H18N2O2/c1-10-5-3-6-11(9-10)17-13(18)15(2)8-4-7-12(15)16-14(17)19/h3,5-6,9,12H,4,7-8H2,1-2H3,(H,16,19). The Morgan fingerprint density at radius 3 is 2.89 bits per heavy atom. The number of imide groups is 1. The summed E-state index contributed by atoms with van der Waals surface area (Å²) in [6.45, 7) is 3.92. The summed E-state index contributed by atoms with van der Waals surface area (Å²) in [5.41, 5.74) is 1.25. The van der Waals surface area contributed by atoms with E-state index in [0.29, 0.717) is 5.69 Å². The van der Waals surface area contributed by atoms with Gasteiger partial charge in [0.05, 0.1) is 11.1 Å². The van der Waals surface area contributed by atoms with Crippen molar-refractivity contribution in [2.45, 2.75) is 39.2 Å². The zero-order valence-corrected chi connectivity index (χ0v) is 11.3. The monoisotopic (exact) mass is 258 g/mol. The first-order valence-electron chi connectivity index (χ1n) is 6.74. The summed E-state index contributed by atoms with van der Waals surface area (Å²) in [6.07, 6.45) is 2.74. The second-order valence-corrected chi connectivity index (χ2v) is 5.79. The van der Waals surface area contributed by atoms with Crippen LogP contribution in [0.5, 0.6) is 0 Å². The first-order valence-corrected chi connectivity index (χ1v) is 6.74. The number of benzene rings is 1. The smallest absolute Gasteiger partial charge is 0.329 e. The fourth-order valence-corrected chi connectivity index (χ4v) is 3.22. The molecule has 2 aliphatic rings. The first-order chi connectivity index (χ1) is 9.02. The minimum absolute atomic E-state index is 0.00596. The van der Waals surface area contributed by atoms with Crippen molar-refractivity contribution in [3.63, 3.8) is 0 Å². The molecule has 4 nitrogen and oxygen atoms in total. The van der Waals surface area contributed by atoms with E-state index in [1.165, 1.54) is 4.90 Å². The number of urea groups is 1. The maximum Gasteiger partial charge on any atom is 0.329 e. The molecule has 1 saturated heterocycles. The lowest BCUT2D eigenvalue weighted by Crippen LogP contribution is -2.63. The van der Waals surface area contributed by atoms with Crippen molar-refractivity contribution in [2.24, 2.45) is 5.41 Å². The molecule has 3 rings (SSSR count). The van der Waals surface area contributed by atoms with Crippen LogP contribution < -0.4 is 10.2 Å². The van der Waals surface area contributed by atoms with Gasteiger partial charge in [-0.1, -0.05) is 18.6 Å². The van der Waals surface area contributed by atoms with Crippen LogP contribution in [0.4, 0.5) is 10.5 Å². The Hall–Kier alpha value is -1.84. The van der Waals surface area contributed by atoms with Gasteiger partial charge in [0.1, 0.15) is 0 Å². The van der Waals surface area contributed by atoms with Gasteiger partial charge in [0.2, 0.25) is 5.91 Å². The van der Waals surface area contributed by atoms with E-state index >= 15 is 0 Å². The second-order valence-electron chi connectivity index (χ2n) is 5.79. The average molecular weight is 258 g/mol. The molecule has 2 fully saturated rings. The minimum atomic E-state index is -0.447. The van der Waals surface area contributed by atoms with Crippen molar-refractivity contribution < 1.29 is 9.59 Å². The molecule has 1 heterocycles. The highest BCUT2D eigenvalue weighted by atomic mass is 16.2. The van der Waals surface area contributed by atoms with Gasteiger partial charge in [-0.15, -0.1) is 0 Å². The van der Waals surface area contributed by atoms with Gasteiger partial charge >= 0.3 is 6.03 Å². The molecule has 2 unspecified atom stereocenters. The predicted octanol–water partition coefficient (Wildman–Crippen LogP) is 2.61. The lowest BCUT2D eigenvalue weighted by molar-refractivity contribution is -0.128. The lowest BCUT2D eigenvalue weighted by atomic mass is 9.81. The van der Waals surface area contributed by atoms with Gasteiger partial charge in [0.25, 0.3) is 0 Å². The highest BCUT2D eigenvalue weighted by Crippen LogP contribution is 2.42. The Morgan fingerprint density at radius 2 is 2.16 bits per heavy atom. The number of nitrogens with one attached hydrogen (secondary N) is 1. The maximum atomic E-state index is 12.7. The van der Waals surface area contributed by atoms with Crippen LogP contribution >= 0.6 is 0 Å². The molecule has 0 aromatic heterocycles. The zero-order valence-electron chi connectivity index (χ0n) is 11.3. The highest BCUT2D eigenvalue weighted by Gasteiger charge is 2.53. The molecule has 2 atom stereocenters. The Morgan fingerprint density at radius 1 is 1.37 bits per heavy atom. The molecule has 1 aliphatic carbocycles. The van der Waals surface area contributed by atoms with Crippen LogP contribution in [0, 0.1) is 12.3 Å². The second kappa shape index (κ2) is 4.08. The number of carbonyl (C=O) groups is 2. The molecule has 3 amide bonds. The zero-order chi connectivity index (χ0) is 13.6. The van der Waals surface area contributed by atoms with Crippen molar-refractivity contribution in [2.75, 3.05) is 4.90 Å². The summed E-state index contributed by atoms with van der Waals surface area (Å²) in [6, 6.07) is 7.21. The van der Waals surface area contributed by atoms with Gasteiger partial charge in [0, 0.05) is 6.04 Å². The van der Waals surface area contributed by atoms with E-state index in [1.807, 2.05) is 38.1 Å². The number of carbonyl (C=O) groups excluding carboxylic acids is 2. The van der Waals surface area contributed by atoms with Crippen molar-refractivity contribution in [1.29, 1.82) is 0 Å². The van der Waals surface area contributed by atoms with Gasteiger partial charge in [-0.05, 0) is 44.4 Å². The number of anilines is 1. The molecular weight excluding hydrogens is 240 g/mol. The number of rotatable bonds is 1. The van der Waals surface area contributed by atoms with Crippen molar-refractivity contribution in [1.82, 2.24) is 5.32 Å². The summed E-state index contributed by atoms with van der Waals surface area (Å²) in [7, 11) is 0. The topological polar surface area (TPSA) is 49.4 Å². The summed E-state index contributed by atoms with van der Waals surface area (Å²) < 4.78 is 0. The normalized spacial score (nSPS) is 30.2. The number of aryl methyl sites for hydroxylation is 1. The average Bonchev–Trinajstić information content (AvgIpc) is 2.72. The molecule has 0 bridgehead atoms. The Balaban J connectivity index is 2.02. The van der Waals surface area contributed by atoms with Crippen molar-refractivity contribution in [3.8, 4) is 0 Å².